The number of carbonyl (C=O) groups is 1. The van der Waals surface area contributed by atoms with Crippen LogP contribution in [0.15, 0.2) is 72.8 Å². The van der Waals surface area contributed by atoms with Gasteiger partial charge in [0.25, 0.3) is 0 Å². The highest BCUT2D eigenvalue weighted by Gasteiger charge is 2.33. The first-order valence-electron chi connectivity index (χ1n) is 11.5. The molecule has 0 aromatic heterocycles. The first-order valence-corrected chi connectivity index (χ1v) is 11.5. The van der Waals surface area contributed by atoms with Crippen molar-refractivity contribution in [3.8, 4) is 17.2 Å². The molecule has 0 bridgehead atoms. The van der Waals surface area contributed by atoms with Gasteiger partial charge in [-0.25, -0.2) is 0 Å². The van der Waals surface area contributed by atoms with Crippen molar-refractivity contribution in [2.75, 3.05) is 27.3 Å². The van der Waals surface area contributed by atoms with Crippen molar-refractivity contribution < 1.29 is 24.1 Å². The third-order valence-corrected chi connectivity index (χ3v) is 6.43. The van der Waals surface area contributed by atoms with E-state index in [0.29, 0.717) is 32.5 Å². The molecule has 0 aliphatic carbocycles. The van der Waals surface area contributed by atoms with Crippen molar-refractivity contribution in [3.63, 3.8) is 0 Å². The minimum atomic E-state index is -0.718. The molecule has 0 saturated carbocycles. The Morgan fingerprint density at radius 1 is 0.912 bits per heavy atom. The molecule has 1 N–H and O–H groups in total. The first-order chi connectivity index (χ1) is 16.6. The Bertz CT molecular complexity index is 1090. The Kier molecular flexibility index (Phi) is 7.70. The zero-order valence-corrected chi connectivity index (χ0v) is 19.6. The van der Waals surface area contributed by atoms with E-state index in [4.69, 9.17) is 14.2 Å². The SMILES string of the molecule is COc1ccc(C(c2ccccc2OCc2ccccc2)N2CCC(C(=O)O)CC2)c(OC)c1. The molecule has 1 atom stereocenters. The lowest BCUT2D eigenvalue weighted by Gasteiger charge is -2.38. The second-order valence-corrected chi connectivity index (χ2v) is 8.47. The molecule has 6 heteroatoms. The van der Waals surface area contributed by atoms with Gasteiger partial charge < -0.3 is 19.3 Å². The molecule has 0 spiro atoms. The zero-order chi connectivity index (χ0) is 23.9. The van der Waals surface area contributed by atoms with Gasteiger partial charge in [0.2, 0.25) is 0 Å². The Balaban J connectivity index is 1.71. The van der Waals surface area contributed by atoms with Crippen LogP contribution in [0.2, 0.25) is 0 Å². The summed E-state index contributed by atoms with van der Waals surface area (Å²) < 4.78 is 17.5. The fourth-order valence-corrected chi connectivity index (χ4v) is 4.58. The van der Waals surface area contributed by atoms with Crippen LogP contribution in [-0.4, -0.2) is 43.3 Å². The van der Waals surface area contributed by atoms with Gasteiger partial charge in [-0.3, -0.25) is 9.69 Å². The number of aliphatic carboxylic acids is 1. The van der Waals surface area contributed by atoms with E-state index in [0.717, 1.165) is 33.9 Å². The maximum Gasteiger partial charge on any atom is 0.306 e. The Morgan fingerprint density at radius 3 is 2.26 bits per heavy atom. The lowest BCUT2D eigenvalue weighted by Crippen LogP contribution is -2.39. The monoisotopic (exact) mass is 461 g/mol. The van der Waals surface area contributed by atoms with E-state index in [-0.39, 0.29) is 12.0 Å². The number of methoxy groups -OCH3 is 2. The molecule has 0 amide bonds. The number of para-hydroxylation sites is 1. The van der Waals surface area contributed by atoms with Crippen LogP contribution in [-0.2, 0) is 11.4 Å². The summed E-state index contributed by atoms with van der Waals surface area (Å²) in [7, 11) is 3.29. The molecule has 6 nitrogen and oxygen atoms in total. The summed E-state index contributed by atoms with van der Waals surface area (Å²) in [5, 5.41) is 9.49. The highest BCUT2D eigenvalue weighted by atomic mass is 16.5. The number of hydrogen-bond donors (Lipinski definition) is 1. The lowest BCUT2D eigenvalue weighted by molar-refractivity contribution is -0.143. The van der Waals surface area contributed by atoms with Gasteiger partial charge in [-0.1, -0.05) is 48.5 Å². The Morgan fingerprint density at radius 2 is 1.59 bits per heavy atom. The third-order valence-electron chi connectivity index (χ3n) is 6.43. The van der Waals surface area contributed by atoms with Crippen molar-refractivity contribution in [1.82, 2.24) is 4.90 Å². The topological polar surface area (TPSA) is 68.2 Å². The summed E-state index contributed by atoms with van der Waals surface area (Å²) in [6.07, 6.45) is 1.22. The predicted molar refractivity (Wildman–Crippen MR) is 131 cm³/mol. The van der Waals surface area contributed by atoms with Gasteiger partial charge in [-0.15, -0.1) is 0 Å². The van der Waals surface area contributed by atoms with E-state index < -0.39 is 5.97 Å². The highest BCUT2D eigenvalue weighted by Crippen LogP contribution is 2.42. The van der Waals surface area contributed by atoms with Crippen molar-refractivity contribution in [2.45, 2.75) is 25.5 Å². The van der Waals surface area contributed by atoms with Crippen LogP contribution < -0.4 is 14.2 Å². The molecule has 178 valence electrons. The van der Waals surface area contributed by atoms with Gasteiger partial charge in [0.1, 0.15) is 23.9 Å². The maximum atomic E-state index is 11.5. The van der Waals surface area contributed by atoms with Crippen LogP contribution >= 0.6 is 0 Å². The molecule has 1 heterocycles. The molecule has 1 aliphatic rings. The molecule has 3 aromatic carbocycles. The van der Waals surface area contributed by atoms with E-state index in [1.165, 1.54) is 0 Å². The average molecular weight is 462 g/mol. The zero-order valence-electron chi connectivity index (χ0n) is 19.6. The first kappa shape index (κ1) is 23.6. The van der Waals surface area contributed by atoms with Gasteiger partial charge in [-0.2, -0.15) is 0 Å². The van der Waals surface area contributed by atoms with E-state index in [2.05, 4.69) is 11.0 Å². The number of carboxylic acids is 1. The van der Waals surface area contributed by atoms with E-state index in [1.807, 2.05) is 66.7 Å². The summed E-state index contributed by atoms with van der Waals surface area (Å²) in [5.74, 6) is 1.22. The number of nitrogens with zero attached hydrogens (tertiary/aromatic N) is 1. The van der Waals surface area contributed by atoms with Crippen molar-refractivity contribution >= 4 is 5.97 Å². The van der Waals surface area contributed by atoms with Crippen molar-refractivity contribution in [2.24, 2.45) is 5.92 Å². The van der Waals surface area contributed by atoms with Gasteiger partial charge >= 0.3 is 5.97 Å². The lowest BCUT2D eigenvalue weighted by atomic mass is 9.90. The number of ether oxygens (including phenoxy) is 3. The summed E-state index contributed by atoms with van der Waals surface area (Å²) in [6, 6.07) is 23.8. The van der Waals surface area contributed by atoms with Crippen molar-refractivity contribution in [1.29, 1.82) is 0 Å². The van der Waals surface area contributed by atoms with Gasteiger partial charge in [0, 0.05) is 17.2 Å². The fourth-order valence-electron chi connectivity index (χ4n) is 4.58. The number of hydrogen-bond acceptors (Lipinski definition) is 5. The third kappa shape index (κ3) is 5.34. The molecular formula is C28H31NO5. The minimum absolute atomic E-state index is 0.150. The molecule has 1 saturated heterocycles. The van der Waals surface area contributed by atoms with Crippen LogP contribution in [0.3, 0.4) is 0 Å². The number of likely N-dealkylation sites (tertiary alicyclic amines) is 1. The summed E-state index contributed by atoms with van der Waals surface area (Å²) in [4.78, 5) is 13.9. The van der Waals surface area contributed by atoms with Crippen LogP contribution in [0.25, 0.3) is 0 Å². The highest BCUT2D eigenvalue weighted by molar-refractivity contribution is 5.70. The van der Waals surface area contributed by atoms with Crippen LogP contribution in [0.4, 0.5) is 0 Å². The summed E-state index contributed by atoms with van der Waals surface area (Å²) in [5.41, 5.74) is 3.11. The van der Waals surface area contributed by atoms with E-state index in [1.54, 1.807) is 14.2 Å². The minimum Gasteiger partial charge on any atom is -0.497 e. The van der Waals surface area contributed by atoms with Crippen LogP contribution in [0.1, 0.15) is 35.6 Å². The van der Waals surface area contributed by atoms with Gasteiger partial charge in [-0.05, 0) is 49.7 Å². The standard InChI is InChI=1S/C28H31NO5/c1-32-22-12-13-24(26(18-22)33-2)27(29-16-14-21(15-17-29)28(30)31)23-10-6-7-11-25(23)34-19-20-8-4-3-5-9-20/h3-13,18,21,27H,14-17,19H2,1-2H3,(H,30,31). The normalized spacial score (nSPS) is 15.5. The fraction of sp³-hybridized carbons (Fsp3) is 0.321. The number of piperidine rings is 1. The van der Waals surface area contributed by atoms with E-state index in [9.17, 15) is 9.90 Å². The smallest absolute Gasteiger partial charge is 0.306 e. The Labute approximate surface area is 200 Å². The second-order valence-electron chi connectivity index (χ2n) is 8.47. The second kappa shape index (κ2) is 11.1. The molecule has 0 radical (unpaired) electrons. The average Bonchev–Trinajstić information content (AvgIpc) is 2.89. The number of carboxylic acid groups (broad SMARTS) is 1. The molecule has 1 unspecified atom stereocenters. The quantitative estimate of drug-likeness (QED) is 0.474. The molecule has 1 fully saturated rings. The maximum absolute atomic E-state index is 11.5. The van der Waals surface area contributed by atoms with Crippen LogP contribution in [0, 0.1) is 5.92 Å². The number of benzene rings is 3. The summed E-state index contributed by atoms with van der Waals surface area (Å²) >= 11 is 0. The van der Waals surface area contributed by atoms with E-state index >= 15 is 0 Å². The van der Waals surface area contributed by atoms with Crippen LogP contribution in [0.5, 0.6) is 17.2 Å². The molecule has 4 rings (SSSR count). The van der Waals surface area contributed by atoms with Gasteiger partial charge in [0.05, 0.1) is 26.2 Å². The van der Waals surface area contributed by atoms with Gasteiger partial charge in [0.15, 0.2) is 0 Å². The molecular weight excluding hydrogens is 430 g/mol. The summed E-state index contributed by atoms with van der Waals surface area (Å²) in [6.45, 7) is 1.80. The predicted octanol–water partition coefficient (Wildman–Crippen LogP) is 5.17. The van der Waals surface area contributed by atoms with Crippen molar-refractivity contribution in [3.05, 3.63) is 89.5 Å². The molecule has 1 aliphatic heterocycles. The largest absolute Gasteiger partial charge is 0.497 e. The number of rotatable bonds is 9. The Hall–Kier alpha value is -3.51. The molecule has 34 heavy (non-hydrogen) atoms. The molecule has 3 aromatic rings.